The van der Waals surface area contributed by atoms with Crippen molar-refractivity contribution in [2.45, 2.75) is 25.9 Å². The summed E-state index contributed by atoms with van der Waals surface area (Å²) in [4.78, 5) is 15.9. The Balaban J connectivity index is 1.96. The monoisotopic (exact) mass is 262 g/mol. The summed E-state index contributed by atoms with van der Waals surface area (Å²) in [5.41, 5.74) is 1.83. The fraction of sp³-hybridized carbons (Fsp3) is 0.533. The zero-order valence-corrected chi connectivity index (χ0v) is 11.7. The SMILES string of the molecule is CCCCN(C)c1ccc(C(=O)N2CC(O)C2)cc1. The van der Waals surface area contributed by atoms with Crippen molar-refractivity contribution in [2.75, 3.05) is 31.6 Å². The third-order valence-corrected chi connectivity index (χ3v) is 3.55. The van der Waals surface area contributed by atoms with Gasteiger partial charge in [-0.1, -0.05) is 13.3 Å². The summed E-state index contributed by atoms with van der Waals surface area (Å²) in [6, 6.07) is 7.70. The Bertz CT molecular complexity index is 424. The molecular weight excluding hydrogens is 240 g/mol. The van der Waals surface area contributed by atoms with Gasteiger partial charge in [0.25, 0.3) is 5.91 Å². The lowest BCUT2D eigenvalue weighted by molar-refractivity contribution is 0.00590. The van der Waals surface area contributed by atoms with Crippen LogP contribution < -0.4 is 4.90 Å². The van der Waals surface area contributed by atoms with E-state index in [9.17, 15) is 9.90 Å². The summed E-state index contributed by atoms with van der Waals surface area (Å²) in [5.74, 6) is 0.00746. The van der Waals surface area contributed by atoms with E-state index in [1.165, 1.54) is 12.8 Å². The van der Waals surface area contributed by atoms with Crippen LogP contribution >= 0.6 is 0 Å². The predicted molar refractivity (Wildman–Crippen MR) is 76.5 cm³/mol. The lowest BCUT2D eigenvalue weighted by Gasteiger charge is -2.35. The average molecular weight is 262 g/mol. The average Bonchev–Trinajstić information content (AvgIpc) is 2.40. The second kappa shape index (κ2) is 6.06. The van der Waals surface area contributed by atoms with Gasteiger partial charge in [-0.25, -0.2) is 0 Å². The van der Waals surface area contributed by atoms with Crippen molar-refractivity contribution in [3.05, 3.63) is 29.8 Å². The number of hydrogen-bond acceptors (Lipinski definition) is 3. The first-order valence-electron chi connectivity index (χ1n) is 6.90. The van der Waals surface area contributed by atoms with Gasteiger partial charge in [-0.3, -0.25) is 4.79 Å². The number of benzene rings is 1. The van der Waals surface area contributed by atoms with Crippen molar-refractivity contribution < 1.29 is 9.90 Å². The second-order valence-corrected chi connectivity index (χ2v) is 5.19. The highest BCUT2D eigenvalue weighted by Crippen LogP contribution is 2.18. The number of aliphatic hydroxyl groups excluding tert-OH is 1. The summed E-state index contributed by atoms with van der Waals surface area (Å²) in [5, 5.41) is 9.21. The third-order valence-electron chi connectivity index (χ3n) is 3.55. The normalized spacial score (nSPS) is 15.2. The van der Waals surface area contributed by atoms with Crippen LogP contribution in [0.3, 0.4) is 0 Å². The van der Waals surface area contributed by atoms with Crippen LogP contribution in [0.2, 0.25) is 0 Å². The molecule has 19 heavy (non-hydrogen) atoms. The number of carbonyl (C=O) groups is 1. The van der Waals surface area contributed by atoms with Crippen LogP contribution in [0.15, 0.2) is 24.3 Å². The highest BCUT2D eigenvalue weighted by Gasteiger charge is 2.29. The Morgan fingerprint density at radius 3 is 2.53 bits per heavy atom. The molecule has 2 rings (SSSR count). The number of carbonyl (C=O) groups excluding carboxylic acids is 1. The maximum Gasteiger partial charge on any atom is 0.254 e. The maximum atomic E-state index is 12.0. The zero-order valence-electron chi connectivity index (χ0n) is 11.7. The van der Waals surface area contributed by atoms with Crippen molar-refractivity contribution in [3.8, 4) is 0 Å². The highest BCUT2D eigenvalue weighted by molar-refractivity contribution is 5.95. The van der Waals surface area contributed by atoms with Crippen molar-refractivity contribution in [1.82, 2.24) is 4.90 Å². The summed E-state index contributed by atoms with van der Waals surface area (Å²) < 4.78 is 0. The number of anilines is 1. The van der Waals surface area contributed by atoms with E-state index >= 15 is 0 Å². The van der Waals surface area contributed by atoms with E-state index in [2.05, 4.69) is 18.9 Å². The van der Waals surface area contributed by atoms with E-state index in [1.807, 2.05) is 24.3 Å². The fourth-order valence-corrected chi connectivity index (χ4v) is 2.19. The van der Waals surface area contributed by atoms with Crippen LogP contribution in [0.25, 0.3) is 0 Å². The molecule has 1 saturated heterocycles. The van der Waals surface area contributed by atoms with E-state index < -0.39 is 0 Å². The van der Waals surface area contributed by atoms with Crippen LogP contribution in [0, 0.1) is 0 Å². The third kappa shape index (κ3) is 3.26. The van der Waals surface area contributed by atoms with Gasteiger partial charge in [0.05, 0.1) is 6.10 Å². The molecular formula is C15H22N2O2. The second-order valence-electron chi connectivity index (χ2n) is 5.19. The first-order chi connectivity index (χ1) is 9.11. The summed E-state index contributed by atoms with van der Waals surface area (Å²) in [6.45, 7) is 4.12. The van der Waals surface area contributed by atoms with Crippen molar-refractivity contribution in [3.63, 3.8) is 0 Å². The molecule has 0 spiro atoms. The largest absolute Gasteiger partial charge is 0.389 e. The molecule has 1 aliphatic rings. The number of hydrogen-bond donors (Lipinski definition) is 1. The Morgan fingerprint density at radius 2 is 2.00 bits per heavy atom. The van der Waals surface area contributed by atoms with Gasteiger partial charge >= 0.3 is 0 Å². The Hall–Kier alpha value is -1.55. The molecule has 4 heteroatoms. The van der Waals surface area contributed by atoms with Crippen LogP contribution in [-0.4, -0.2) is 48.7 Å². The fourth-order valence-electron chi connectivity index (χ4n) is 2.19. The molecule has 1 amide bonds. The Labute approximate surface area is 114 Å². The number of unbranched alkanes of at least 4 members (excludes halogenated alkanes) is 1. The molecule has 1 heterocycles. The Morgan fingerprint density at radius 1 is 1.37 bits per heavy atom. The summed E-state index contributed by atoms with van der Waals surface area (Å²) in [6.07, 6.45) is 2.00. The van der Waals surface area contributed by atoms with Crippen LogP contribution in [0.4, 0.5) is 5.69 Å². The lowest BCUT2D eigenvalue weighted by atomic mass is 10.1. The number of amides is 1. The molecule has 0 aliphatic carbocycles. The number of rotatable bonds is 5. The summed E-state index contributed by atoms with van der Waals surface area (Å²) >= 11 is 0. The zero-order chi connectivity index (χ0) is 13.8. The van der Waals surface area contributed by atoms with Gasteiger partial charge in [0, 0.05) is 37.9 Å². The first kappa shape index (κ1) is 13.9. The van der Waals surface area contributed by atoms with Gasteiger partial charge in [0.15, 0.2) is 0 Å². The molecule has 1 aliphatic heterocycles. The standard InChI is InChI=1S/C15H22N2O2/c1-3-4-9-16(2)13-7-5-12(6-8-13)15(19)17-10-14(18)11-17/h5-8,14,18H,3-4,9-11H2,1-2H3. The van der Waals surface area contributed by atoms with E-state index in [1.54, 1.807) is 4.90 Å². The smallest absolute Gasteiger partial charge is 0.254 e. The Kier molecular flexibility index (Phi) is 4.43. The molecule has 0 bridgehead atoms. The van der Waals surface area contributed by atoms with E-state index in [-0.39, 0.29) is 12.0 Å². The lowest BCUT2D eigenvalue weighted by Crippen LogP contribution is -2.53. The van der Waals surface area contributed by atoms with Gasteiger partial charge in [-0.05, 0) is 30.7 Å². The van der Waals surface area contributed by atoms with E-state index in [4.69, 9.17) is 0 Å². The van der Waals surface area contributed by atoms with Crippen molar-refractivity contribution in [2.24, 2.45) is 0 Å². The van der Waals surface area contributed by atoms with Crippen molar-refractivity contribution >= 4 is 11.6 Å². The number of β-amino-alcohol motifs (C(OH)–C–C–N with tert-alkyl or cyclic N) is 1. The predicted octanol–water partition coefficient (Wildman–Crippen LogP) is 1.74. The molecule has 0 radical (unpaired) electrons. The van der Waals surface area contributed by atoms with E-state index in [0.29, 0.717) is 18.7 Å². The molecule has 0 aromatic heterocycles. The molecule has 4 nitrogen and oxygen atoms in total. The molecule has 0 unspecified atom stereocenters. The van der Waals surface area contributed by atoms with Crippen molar-refractivity contribution in [1.29, 1.82) is 0 Å². The van der Waals surface area contributed by atoms with Gasteiger partial charge in [-0.15, -0.1) is 0 Å². The van der Waals surface area contributed by atoms with Gasteiger partial charge < -0.3 is 14.9 Å². The quantitative estimate of drug-likeness (QED) is 0.879. The summed E-state index contributed by atoms with van der Waals surface area (Å²) in [7, 11) is 2.07. The minimum absolute atomic E-state index is 0.00746. The van der Waals surface area contributed by atoms with Gasteiger partial charge in [0.1, 0.15) is 0 Å². The van der Waals surface area contributed by atoms with E-state index in [0.717, 1.165) is 12.2 Å². The minimum atomic E-state index is -0.344. The van der Waals surface area contributed by atoms with Gasteiger partial charge in [-0.2, -0.15) is 0 Å². The molecule has 1 aromatic rings. The minimum Gasteiger partial charge on any atom is -0.389 e. The van der Waals surface area contributed by atoms with Crippen LogP contribution in [0.1, 0.15) is 30.1 Å². The number of aliphatic hydroxyl groups is 1. The maximum absolute atomic E-state index is 12.0. The molecule has 1 fully saturated rings. The molecule has 0 atom stereocenters. The molecule has 1 aromatic carbocycles. The van der Waals surface area contributed by atoms with Crippen LogP contribution in [0.5, 0.6) is 0 Å². The highest BCUT2D eigenvalue weighted by atomic mass is 16.3. The molecule has 0 saturated carbocycles. The first-order valence-corrected chi connectivity index (χ1v) is 6.90. The topological polar surface area (TPSA) is 43.8 Å². The number of nitrogens with zero attached hydrogens (tertiary/aromatic N) is 2. The number of likely N-dealkylation sites (tertiary alicyclic amines) is 1. The molecule has 104 valence electrons. The molecule has 1 N–H and O–H groups in total. The van der Waals surface area contributed by atoms with Crippen LogP contribution in [-0.2, 0) is 0 Å². The van der Waals surface area contributed by atoms with Gasteiger partial charge in [0.2, 0.25) is 0 Å².